The molecule has 0 saturated heterocycles. The van der Waals surface area contributed by atoms with Crippen LogP contribution in [0.15, 0.2) is 48.5 Å². The number of alkyl carbamates (subject to hydrolysis) is 1. The van der Waals surface area contributed by atoms with Gasteiger partial charge in [-0.05, 0) is 48.4 Å². The normalized spacial score (nSPS) is 20.6. The average Bonchev–Trinajstić information content (AvgIpc) is 3.43. The number of ether oxygens (including phenoxy) is 2. The third-order valence-corrected chi connectivity index (χ3v) is 6.87. The fourth-order valence-electron chi connectivity index (χ4n) is 4.93. The Morgan fingerprint density at radius 2 is 1.65 bits per heavy atom. The molecule has 0 heterocycles. The summed E-state index contributed by atoms with van der Waals surface area (Å²) in [6.07, 6.45) is 0.171. The van der Waals surface area contributed by atoms with Crippen molar-refractivity contribution in [3.63, 3.8) is 0 Å². The molecule has 2 aliphatic carbocycles. The van der Waals surface area contributed by atoms with Crippen molar-refractivity contribution in [3.05, 3.63) is 59.7 Å². The Hall–Kier alpha value is -3.39. The Labute approximate surface area is 198 Å². The van der Waals surface area contributed by atoms with Crippen LogP contribution in [0.3, 0.4) is 0 Å². The van der Waals surface area contributed by atoms with Crippen LogP contribution in [0.25, 0.3) is 11.1 Å². The molecule has 3 N–H and O–H groups in total. The second-order valence-corrected chi connectivity index (χ2v) is 8.94. The highest BCUT2D eigenvalue weighted by atomic mass is 16.5. The summed E-state index contributed by atoms with van der Waals surface area (Å²) in [5.74, 6) is -1.82. The molecule has 0 radical (unpaired) electrons. The van der Waals surface area contributed by atoms with Crippen LogP contribution < -0.4 is 10.6 Å². The molecule has 34 heavy (non-hydrogen) atoms. The summed E-state index contributed by atoms with van der Waals surface area (Å²) in [6, 6.07) is 14.9. The first-order valence-electron chi connectivity index (χ1n) is 11.6. The maximum absolute atomic E-state index is 12.9. The molecule has 2 aromatic rings. The number of carbonyl (C=O) groups is 3. The number of fused-ring (bicyclic) bond motifs is 3. The van der Waals surface area contributed by atoms with Crippen molar-refractivity contribution in [1.29, 1.82) is 0 Å². The van der Waals surface area contributed by atoms with E-state index in [1.807, 2.05) is 36.4 Å². The zero-order valence-corrected chi connectivity index (χ0v) is 19.3. The van der Waals surface area contributed by atoms with Crippen molar-refractivity contribution in [3.8, 4) is 11.1 Å². The van der Waals surface area contributed by atoms with Gasteiger partial charge in [-0.1, -0.05) is 48.5 Å². The van der Waals surface area contributed by atoms with Crippen LogP contribution in [0.1, 0.15) is 43.2 Å². The number of amides is 2. The first kappa shape index (κ1) is 23.8. The van der Waals surface area contributed by atoms with E-state index in [1.54, 1.807) is 6.92 Å². The van der Waals surface area contributed by atoms with Crippen molar-refractivity contribution >= 4 is 18.0 Å². The number of hydrogen-bond acceptors (Lipinski definition) is 5. The van der Waals surface area contributed by atoms with E-state index in [4.69, 9.17) is 9.47 Å². The van der Waals surface area contributed by atoms with Crippen LogP contribution in [-0.4, -0.2) is 55.0 Å². The third kappa shape index (κ3) is 4.92. The monoisotopic (exact) mass is 466 g/mol. The van der Waals surface area contributed by atoms with Gasteiger partial charge in [-0.2, -0.15) is 0 Å². The van der Waals surface area contributed by atoms with Crippen molar-refractivity contribution in [1.82, 2.24) is 10.6 Å². The number of carboxylic acid groups (broad SMARTS) is 1. The van der Waals surface area contributed by atoms with Gasteiger partial charge in [0.25, 0.3) is 0 Å². The first-order chi connectivity index (χ1) is 16.4. The highest BCUT2D eigenvalue weighted by molar-refractivity contribution is 5.86. The minimum Gasteiger partial charge on any atom is -0.481 e. The molecule has 4 atom stereocenters. The summed E-state index contributed by atoms with van der Waals surface area (Å²) in [4.78, 5) is 36.8. The molecular weight excluding hydrogens is 436 g/mol. The standard InChI is InChI=1S/C26H30N2O6/c1-15(33-2)23(24(29)27-17-12-11-16(13-17)25(30)31)28-26(32)34-14-22-20-9-5-3-7-18(20)19-8-4-6-10-21(19)22/h3-10,15-17,22-23H,11-14H2,1-2H3,(H,27,29)(H,28,32)(H,30,31)/t15?,16-,17+,23?/m1/s1. The van der Waals surface area contributed by atoms with E-state index in [0.29, 0.717) is 19.3 Å². The summed E-state index contributed by atoms with van der Waals surface area (Å²) in [7, 11) is 1.46. The van der Waals surface area contributed by atoms with Gasteiger partial charge in [0.05, 0.1) is 12.0 Å². The van der Waals surface area contributed by atoms with E-state index in [9.17, 15) is 19.5 Å². The average molecular weight is 467 g/mol. The summed E-state index contributed by atoms with van der Waals surface area (Å²) >= 11 is 0. The van der Waals surface area contributed by atoms with Crippen molar-refractivity contribution < 1.29 is 29.0 Å². The molecule has 8 heteroatoms. The van der Waals surface area contributed by atoms with Gasteiger partial charge in [0, 0.05) is 19.1 Å². The topological polar surface area (TPSA) is 114 Å². The number of carboxylic acids is 1. The first-order valence-corrected chi connectivity index (χ1v) is 11.6. The molecule has 1 fully saturated rings. The fourth-order valence-corrected chi connectivity index (χ4v) is 4.93. The largest absolute Gasteiger partial charge is 0.481 e. The van der Waals surface area contributed by atoms with E-state index in [0.717, 1.165) is 22.3 Å². The lowest BCUT2D eigenvalue weighted by Gasteiger charge is -2.25. The summed E-state index contributed by atoms with van der Waals surface area (Å²) < 4.78 is 10.9. The number of aliphatic carboxylic acids is 1. The molecule has 4 rings (SSSR count). The summed E-state index contributed by atoms with van der Waals surface area (Å²) in [6.45, 7) is 1.82. The molecule has 0 aliphatic heterocycles. The van der Waals surface area contributed by atoms with Gasteiger partial charge in [0.15, 0.2) is 0 Å². The van der Waals surface area contributed by atoms with Crippen LogP contribution in [0.4, 0.5) is 4.79 Å². The predicted octanol–water partition coefficient (Wildman–Crippen LogP) is 3.30. The minimum absolute atomic E-state index is 0.0864. The Morgan fingerprint density at radius 1 is 1.03 bits per heavy atom. The van der Waals surface area contributed by atoms with E-state index in [2.05, 4.69) is 22.8 Å². The lowest BCUT2D eigenvalue weighted by Crippen LogP contribution is -2.54. The fraction of sp³-hybridized carbons (Fsp3) is 0.423. The van der Waals surface area contributed by atoms with E-state index in [1.165, 1.54) is 7.11 Å². The number of nitrogens with one attached hydrogen (secondary N) is 2. The van der Waals surface area contributed by atoms with Gasteiger partial charge in [0.1, 0.15) is 12.6 Å². The minimum atomic E-state index is -0.968. The lowest BCUT2D eigenvalue weighted by atomic mass is 9.98. The van der Waals surface area contributed by atoms with Gasteiger partial charge in [-0.25, -0.2) is 4.79 Å². The Kier molecular flexibility index (Phi) is 7.17. The quantitative estimate of drug-likeness (QED) is 0.550. The third-order valence-electron chi connectivity index (χ3n) is 6.87. The van der Waals surface area contributed by atoms with Gasteiger partial charge in [0.2, 0.25) is 5.91 Å². The molecule has 0 bridgehead atoms. The Bertz CT molecular complexity index is 1030. The van der Waals surface area contributed by atoms with Crippen LogP contribution in [0, 0.1) is 5.92 Å². The Balaban J connectivity index is 1.38. The molecule has 8 nitrogen and oxygen atoms in total. The smallest absolute Gasteiger partial charge is 0.407 e. The highest BCUT2D eigenvalue weighted by Gasteiger charge is 2.35. The van der Waals surface area contributed by atoms with Gasteiger partial charge in [-0.3, -0.25) is 9.59 Å². The molecule has 0 aromatic heterocycles. The molecule has 1 saturated carbocycles. The van der Waals surface area contributed by atoms with Crippen molar-refractivity contribution in [2.24, 2.45) is 5.92 Å². The number of benzene rings is 2. The molecule has 2 aliphatic rings. The number of carbonyl (C=O) groups excluding carboxylic acids is 2. The maximum atomic E-state index is 12.9. The van der Waals surface area contributed by atoms with E-state index < -0.39 is 36.0 Å². The second-order valence-electron chi connectivity index (χ2n) is 8.94. The number of methoxy groups -OCH3 is 1. The zero-order chi connectivity index (χ0) is 24.2. The van der Waals surface area contributed by atoms with E-state index >= 15 is 0 Å². The summed E-state index contributed by atoms with van der Waals surface area (Å²) in [5, 5.41) is 14.7. The van der Waals surface area contributed by atoms with Gasteiger partial charge >= 0.3 is 12.1 Å². The van der Waals surface area contributed by atoms with Crippen molar-refractivity contribution in [2.45, 2.75) is 50.3 Å². The maximum Gasteiger partial charge on any atom is 0.407 e. The predicted molar refractivity (Wildman–Crippen MR) is 125 cm³/mol. The second kappa shape index (κ2) is 10.3. The van der Waals surface area contributed by atoms with Gasteiger partial charge in [-0.15, -0.1) is 0 Å². The highest BCUT2D eigenvalue weighted by Crippen LogP contribution is 2.44. The van der Waals surface area contributed by atoms with Crippen LogP contribution in [0.5, 0.6) is 0 Å². The molecule has 2 amide bonds. The van der Waals surface area contributed by atoms with Crippen LogP contribution >= 0.6 is 0 Å². The molecular formula is C26H30N2O6. The van der Waals surface area contributed by atoms with E-state index in [-0.39, 0.29) is 18.6 Å². The number of rotatable bonds is 8. The molecule has 0 spiro atoms. The summed E-state index contributed by atoms with van der Waals surface area (Å²) in [5.41, 5.74) is 4.47. The van der Waals surface area contributed by atoms with Crippen LogP contribution in [0.2, 0.25) is 0 Å². The van der Waals surface area contributed by atoms with Gasteiger partial charge < -0.3 is 25.2 Å². The molecule has 180 valence electrons. The SMILES string of the molecule is COC(C)C(NC(=O)OCC1c2ccccc2-c2ccccc21)C(=O)N[C@H]1CC[C@@H](C(=O)O)C1. The molecule has 2 unspecified atom stereocenters. The van der Waals surface area contributed by atoms with Crippen molar-refractivity contribution in [2.75, 3.05) is 13.7 Å². The lowest BCUT2D eigenvalue weighted by molar-refractivity contribution is -0.141. The van der Waals surface area contributed by atoms with Crippen LogP contribution in [-0.2, 0) is 19.1 Å². The zero-order valence-electron chi connectivity index (χ0n) is 19.3. The Morgan fingerprint density at radius 3 is 2.21 bits per heavy atom. The number of hydrogen-bond donors (Lipinski definition) is 3. The molecule has 2 aromatic carbocycles.